The summed E-state index contributed by atoms with van der Waals surface area (Å²) in [6.45, 7) is 0. The number of halogens is 1. The van der Waals surface area contributed by atoms with Gasteiger partial charge >= 0.3 is 0 Å². The van der Waals surface area contributed by atoms with Crippen LogP contribution in [0.3, 0.4) is 0 Å². The van der Waals surface area contributed by atoms with Crippen molar-refractivity contribution >= 4 is 6.29 Å². The first kappa shape index (κ1) is 8.58. The van der Waals surface area contributed by atoms with E-state index in [4.69, 9.17) is 0 Å². The standard InChI is InChI=1S/C7H6FNO3/c8-6-1-2-7(9(11)12)5(3-6)4-10/h3-4H,1-2H2. The maximum Gasteiger partial charge on any atom is 0.257 e. The van der Waals surface area contributed by atoms with Crippen molar-refractivity contribution in [2.24, 2.45) is 0 Å². The highest BCUT2D eigenvalue weighted by Crippen LogP contribution is 2.23. The minimum absolute atomic E-state index is 0.00759. The lowest BCUT2D eigenvalue weighted by Gasteiger charge is -2.04. The van der Waals surface area contributed by atoms with Crippen LogP contribution < -0.4 is 0 Å². The number of rotatable bonds is 2. The Balaban J connectivity index is 3.07. The lowest BCUT2D eigenvalue weighted by atomic mass is 10.0. The second kappa shape index (κ2) is 3.25. The van der Waals surface area contributed by atoms with Crippen LogP contribution in [0.4, 0.5) is 4.39 Å². The van der Waals surface area contributed by atoms with Gasteiger partial charge in [0.1, 0.15) is 5.83 Å². The Kier molecular flexibility index (Phi) is 2.32. The first-order valence-corrected chi connectivity index (χ1v) is 3.34. The van der Waals surface area contributed by atoms with E-state index in [9.17, 15) is 19.3 Å². The summed E-state index contributed by atoms with van der Waals surface area (Å²) in [7, 11) is 0. The Hall–Kier alpha value is -1.52. The molecule has 0 radical (unpaired) electrons. The van der Waals surface area contributed by atoms with Crippen LogP contribution in [0.25, 0.3) is 0 Å². The molecular formula is C7H6FNO3. The molecule has 5 heteroatoms. The molecule has 0 unspecified atom stereocenters. The Morgan fingerprint density at radius 3 is 2.75 bits per heavy atom. The van der Waals surface area contributed by atoms with Gasteiger partial charge in [-0.15, -0.1) is 0 Å². The van der Waals surface area contributed by atoms with Gasteiger partial charge in [-0.1, -0.05) is 0 Å². The van der Waals surface area contributed by atoms with Gasteiger partial charge < -0.3 is 0 Å². The topological polar surface area (TPSA) is 60.2 Å². The van der Waals surface area contributed by atoms with Gasteiger partial charge in [0.05, 0.1) is 10.5 Å². The van der Waals surface area contributed by atoms with Crippen molar-refractivity contribution in [3.05, 3.63) is 33.3 Å². The minimum atomic E-state index is -0.646. The molecule has 0 aromatic rings. The highest BCUT2D eigenvalue weighted by Gasteiger charge is 2.21. The summed E-state index contributed by atoms with van der Waals surface area (Å²) >= 11 is 0. The van der Waals surface area contributed by atoms with Gasteiger partial charge in [0.2, 0.25) is 0 Å². The minimum Gasteiger partial charge on any atom is -0.298 e. The van der Waals surface area contributed by atoms with E-state index in [1.165, 1.54) is 0 Å². The first-order chi connectivity index (χ1) is 5.65. The Morgan fingerprint density at radius 1 is 1.58 bits per heavy atom. The smallest absolute Gasteiger partial charge is 0.257 e. The van der Waals surface area contributed by atoms with Crippen LogP contribution >= 0.6 is 0 Å². The summed E-state index contributed by atoms with van der Waals surface area (Å²) < 4.78 is 12.5. The molecule has 0 aromatic carbocycles. The number of nitro groups is 1. The van der Waals surface area contributed by atoms with Gasteiger partial charge in [0.25, 0.3) is 5.70 Å². The molecule has 0 fully saturated rings. The molecule has 12 heavy (non-hydrogen) atoms. The maximum absolute atomic E-state index is 12.5. The molecule has 0 aliphatic heterocycles. The van der Waals surface area contributed by atoms with E-state index in [0.29, 0.717) is 6.29 Å². The molecule has 0 N–H and O–H groups in total. The third-order valence-corrected chi connectivity index (χ3v) is 1.59. The normalized spacial score (nSPS) is 17.2. The molecule has 1 aliphatic carbocycles. The van der Waals surface area contributed by atoms with E-state index in [-0.39, 0.29) is 24.1 Å². The average Bonchev–Trinajstić information content (AvgIpc) is 2.03. The zero-order chi connectivity index (χ0) is 9.14. The summed E-state index contributed by atoms with van der Waals surface area (Å²) in [6.07, 6.45) is 1.21. The number of nitrogens with zero attached hydrogens (tertiary/aromatic N) is 1. The Labute approximate surface area is 67.5 Å². The molecule has 0 atom stereocenters. The fourth-order valence-electron chi connectivity index (χ4n) is 1.01. The SMILES string of the molecule is O=CC1=C([N+](=O)[O-])CCC(F)=C1. The molecule has 1 aliphatic rings. The molecule has 64 valence electrons. The maximum atomic E-state index is 12.5. The molecule has 0 bridgehead atoms. The van der Waals surface area contributed by atoms with Gasteiger partial charge in [-0.25, -0.2) is 4.39 Å². The van der Waals surface area contributed by atoms with Crippen molar-refractivity contribution < 1.29 is 14.1 Å². The van der Waals surface area contributed by atoms with E-state index in [1.54, 1.807) is 0 Å². The third-order valence-electron chi connectivity index (χ3n) is 1.59. The molecule has 4 nitrogen and oxygen atoms in total. The van der Waals surface area contributed by atoms with Crippen molar-refractivity contribution in [2.75, 3.05) is 0 Å². The fourth-order valence-corrected chi connectivity index (χ4v) is 1.01. The lowest BCUT2D eigenvalue weighted by molar-refractivity contribution is -0.428. The van der Waals surface area contributed by atoms with Crippen molar-refractivity contribution in [3.63, 3.8) is 0 Å². The van der Waals surface area contributed by atoms with Crippen molar-refractivity contribution in [1.29, 1.82) is 0 Å². The fraction of sp³-hybridized carbons (Fsp3) is 0.286. The van der Waals surface area contributed by atoms with Crippen molar-refractivity contribution in [3.8, 4) is 0 Å². The molecule has 0 heterocycles. The van der Waals surface area contributed by atoms with E-state index >= 15 is 0 Å². The molecule has 0 spiro atoms. The Bertz CT molecular complexity index is 293. The highest BCUT2D eigenvalue weighted by molar-refractivity contribution is 5.78. The van der Waals surface area contributed by atoms with E-state index in [1.807, 2.05) is 0 Å². The zero-order valence-electron chi connectivity index (χ0n) is 6.12. The van der Waals surface area contributed by atoms with Gasteiger partial charge in [0, 0.05) is 12.8 Å². The van der Waals surface area contributed by atoms with Gasteiger partial charge in [-0.05, 0) is 6.08 Å². The van der Waals surface area contributed by atoms with Crippen LogP contribution in [-0.4, -0.2) is 11.2 Å². The van der Waals surface area contributed by atoms with Crippen molar-refractivity contribution in [1.82, 2.24) is 0 Å². The molecule has 0 saturated carbocycles. The van der Waals surface area contributed by atoms with E-state index < -0.39 is 10.8 Å². The number of hydrogen-bond acceptors (Lipinski definition) is 3. The number of aldehydes is 1. The summed E-state index contributed by atoms with van der Waals surface area (Å²) in [5.74, 6) is -0.484. The largest absolute Gasteiger partial charge is 0.298 e. The zero-order valence-corrected chi connectivity index (χ0v) is 6.12. The Morgan fingerprint density at radius 2 is 2.25 bits per heavy atom. The quantitative estimate of drug-likeness (QED) is 0.358. The number of allylic oxidation sites excluding steroid dienone is 4. The molecule has 0 saturated heterocycles. The highest BCUT2D eigenvalue weighted by atomic mass is 19.1. The number of carbonyl (C=O) groups excluding carboxylic acids is 1. The van der Waals surface area contributed by atoms with Gasteiger partial charge in [-0.2, -0.15) is 0 Å². The predicted molar refractivity (Wildman–Crippen MR) is 38.5 cm³/mol. The lowest BCUT2D eigenvalue weighted by Crippen LogP contribution is -2.07. The average molecular weight is 171 g/mol. The number of carbonyl (C=O) groups is 1. The van der Waals surface area contributed by atoms with Crippen LogP contribution in [-0.2, 0) is 4.79 Å². The summed E-state index contributed by atoms with van der Waals surface area (Å²) in [4.78, 5) is 19.9. The van der Waals surface area contributed by atoms with E-state index in [2.05, 4.69) is 0 Å². The first-order valence-electron chi connectivity index (χ1n) is 3.34. The van der Waals surface area contributed by atoms with Gasteiger partial charge in [0.15, 0.2) is 6.29 Å². The molecule has 0 amide bonds. The monoisotopic (exact) mass is 171 g/mol. The van der Waals surface area contributed by atoms with Crippen LogP contribution in [0.15, 0.2) is 23.2 Å². The second-order valence-corrected chi connectivity index (χ2v) is 2.37. The van der Waals surface area contributed by atoms with Crippen molar-refractivity contribution in [2.45, 2.75) is 12.8 Å². The van der Waals surface area contributed by atoms with Crippen LogP contribution in [0, 0.1) is 10.1 Å². The predicted octanol–water partition coefficient (Wildman–Crippen LogP) is 1.36. The molecule has 1 rings (SSSR count). The van der Waals surface area contributed by atoms with Crippen LogP contribution in [0.2, 0.25) is 0 Å². The summed E-state index contributed by atoms with van der Waals surface area (Å²) in [5.41, 5.74) is -0.366. The van der Waals surface area contributed by atoms with Crippen LogP contribution in [0.5, 0.6) is 0 Å². The van der Waals surface area contributed by atoms with E-state index in [0.717, 1.165) is 6.08 Å². The van der Waals surface area contributed by atoms with Gasteiger partial charge in [-0.3, -0.25) is 14.9 Å². The summed E-state index contributed by atoms with van der Waals surface area (Å²) in [6, 6.07) is 0. The van der Waals surface area contributed by atoms with Crippen LogP contribution in [0.1, 0.15) is 12.8 Å². The third kappa shape index (κ3) is 1.55. The molecule has 0 aromatic heterocycles. The number of hydrogen-bond donors (Lipinski definition) is 0. The summed E-state index contributed by atoms with van der Waals surface area (Å²) in [5, 5.41) is 10.3. The second-order valence-electron chi connectivity index (χ2n) is 2.37. The molecular weight excluding hydrogens is 165 g/mol.